The Morgan fingerprint density at radius 2 is 2.20 bits per heavy atom. The van der Waals surface area contributed by atoms with Crippen LogP contribution in [-0.4, -0.2) is 44.2 Å². The molecule has 0 unspecified atom stereocenters. The number of esters is 1. The Hall–Kier alpha value is -0.610. The molecule has 1 aliphatic rings. The van der Waals surface area contributed by atoms with E-state index in [0.717, 1.165) is 26.1 Å². The van der Waals surface area contributed by atoms with Gasteiger partial charge in [-0.05, 0) is 37.8 Å². The van der Waals surface area contributed by atoms with Crippen LogP contribution in [0.4, 0.5) is 0 Å². The van der Waals surface area contributed by atoms with Crippen molar-refractivity contribution in [3.05, 3.63) is 0 Å². The average Bonchev–Trinajstić information content (AvgIpc) is 2.97. The minimum atomic E-state index is -0.152. The Bertz CT molecular complexity index is 215. The molecule has 0 aromatic rings. The number of nitrogens with zero attached hydrogens (tertiary/aromatic N) is 1. The quantitative estimate of drug-likeness (QED) is 0.631. The number of likely N-dealkylation sites (N-methyl/N-ethyl adjacent to an activating group) is 1. The van der Waals surface area contributed by atoms with Gasteiger partial charge in [-0.3, -0.25) is 9.69 Å². The van der Waals surface area contributed by atoms with Gasteiger partial charge in [-0.25, -0.2) is 0 Å². The highest BCUT2D eigenvalue weighted by Gasteiger charge is 2.42. The standard InChI is InChI=1S/C11H22N2O2/c1-3-13(8-10(14)15-2)9-11(4-5-11)6-7-12/h3-9,12H2,1-2H3. The first kappa shape index (κ1) is 12.5. The molecule has 0 bridgehead atoms. The van der Waals surface area contributed by atoms with Gasteiger partial charge in [-0.2, -0.15) is 0 Å². The summed E-state index contributed by atoms with van der Waals surface area (Å²) in [4.78, 5) is 13.3. The molecule has 0 radical (unpaired) electrons. The van der Waals surface area contributed by atoms with Gasteiger partial charge in [-0.15, -0.1) is 0 Å². The molecule has 15 heavy (non-hydrogen) atoms. The maximum absolute atomic E-state index is 11.2. The van der Waals surface area contributed by atoms with Gasteiger partial charge in [0.1, 0.15) is 0 Å². The summed E-state index contributed by atoms with van der Waals surface area (Å²) in [6, 6.07) is 0. The van der Waals surface area contributed by atoms with Gasteiger partial charge in [0.25, 0.3) is 0 Å². The number of hydrogen-bond donors (Lipinski definition) is 1. The smallest absolute Gasteiger partial charge is 0.319 e. The van der Waals surface area contributed by atoms with Crippen molar-refractivity contribution in [2.24, 2.45) is 11.1 Å². The molecule has 0 aliphatic heterocycles. The van der Waals surface area contributed by atoms with E-state index in [1.807, 2.05) is 0 Å². The molecule has 0 heterocycles. The van der Waals surface area contributed by atoms with Crippen molar-refractivity contribution in [2.45, 2.75) is 26.2 Å². The molecule has 0 aromatic heterocycles. The van der Waals surface area contributed by atoms with Crippen LogP contribution in [0.1, 0.15) is 26.2 Å². The Morgan fingerprint density at radius 3 is 2.60 bits per heavy atom. The van der Waals surface area contributed by atoms with Crippen molar-refractivity contribution >= 4 is 5.97 Å². The third-order valence-electron chi connectivity index (χ3n) is 3.22. The van der Waals surface area contributed by atoms with Crippen LogP contribution < -0.4 is 5.73 Å². The van der Waals surface area contributed by atoms with Gasteiger partial charge >= 0.3 is 5.97 Å². The lowest BCUT2D eigenvalue weighted by atomic mass is 10.0. The van der Waals surface area contributed by atoms with E-state index < -0.39 is 0 Å². The number of nitrogens with two attached hydrogens (primary N) is 1. The molecule has 0 atom stereocenters. The second kappa shape index (κ2) is 5.47. The Balaban J connectivity index is 2.36. The first-order valence-electron chi connectivity index (χ1n) is 5.65. The number of carbonyl (C=O) groups excluding carboxylic acids is 1. The lowest BCUT2D eigenvalue weighted by Crippen LogP contribution is -2.36. The maximum atomic E-state index is 11.2. The van der Waals surface area contributed by atoms with Crippen LogP contribution in [0.5, 0.6) is 0 Å². The van der Waals surface area contributed by atoms with Crippen molar-refractivity contribution in [3.8, 4) is 0 Å². The van der Waals surface area contributed by atoms with E-state index in [1.165, 1.54) is 20.0 Å². The Kier molecular flexibility index (Phi) is 4.54. The molecular weight excluding hydrogens is 192 g/mol. The lowest BCUT2D eigenvalue weighted by molar-refractivity contribution is -0.142. The predicted molar refractivity (Wildman–Crippen MR) is 59.5 cm³/mol. The zero-order chi connectivity index (χ0) is 11.3. The van der Waals surface area contributed by atoms with Crippen molar-refractivity contribution < 1.29 is 9.53 Å². The molecule has 2 N–H and O–H groups in total. The van der Waals surface area contributed by atoms with Gasteiger partial charge in [0.05, 0.1) is 13.7 Å². The molecule has 1 fully saturated rings. The molecule has 0 amide bonds. The molecule has 4 heteroatoms. The van der Waals surface area contributed by atoms with E-state index >= 15 is 0 Å². The molecule has 4 nitrogen and oxygen atoms in total. The highest BCUT2D eigenvalue weighted by Crippen LogP contribution is 2.48. The van der Waals surface area contributed by atoms with E-state index in [4.69, 9.17) is 5.73 Å². The summed E-state index contributed by atoms with van der Waals surface area (Å²) in [6.45, 7) is 5.09. The fourth-order valence-corrected chi connectivity index (χ4v) is 1.97. The van der Waals surface area contributed by atoms with E-state index in [-0.39, 0.29) is 5.97 Å². The minimum Gasteiger partial charge on any atom is -0.468 e. The predicted octanol–water partition coefficient (Wildman–Crippen LogP) is 0.610. The first-order valence-corrected chi connectivity index (χ1v) is 5.65. The van der Waals surface area contributed by atoms with Crippen molar-refractivity contribution in [3.63, 3.8) is 0 Å². The summed E-state index contributed by atoms with van der Waals surface area (Å²) < 4.78 is 4.67. The summed E-state index contributed by atoms with van der Waals surface area (Å²) in [7, 11) is 1.43. The molecule has 1 saturated carbocycles. The molecule has 0 saturated heterocycles. The SMILES string of the molecule is CCN(CC(=O)OC)CC1(CCN)CC1. The molecule has 0 spiro atoms. The van der Waals surface area contributed by atoms with Gasteiger partial charge in [-0.1, -0.05) is 6.92 Å². The number of rotatable bonds is 7. The van der Waals surface area contributed by atoms with Crippen LogP contribution in [0.25, 0.3) is 0 Å². The summed E-state index contributed by atoms with van der Waals surface area (Å²) in [6.07, 6.45) is 3.58. The Labute approximate surface area is 91.8 Å². The number of hydrogen-bond acceptors (Lipinski definition) is 4. The lowest BCUT2D eigenvalue weighted by Gasteiger charge is -2.24. The minimum absolute atomic E-state index is 0.152. The fraction of sp³-hybridized carbons (Fsp3) is 0.909. The van der Waals surface area contributed by atoms with Crippen molar-refractivity contribution in [1.29, 1.82) is 0 Å². The normalized spacial score (nSPS) is 17.9. The zero-order valence-corrected chi connectivity index (χ0v) is 9.79. The fourth-order valence-electron chi connectivity index (χ4n) is 1.97. The number of methoxy groups -OCH3 is 1. The third-order valence-corrected chi connectivity index (χ3v) is 3.22. The third kappa shape index (κ3) is 3.80. The average molecular weight is 214 g/mol. The molecular formula is C11H22N2O2. The summed E-state index contributed by atoms with van der Waals surface area (Å²) >= 11 is 0. The van der Waals surface area contributed by atoms with Crippen molar-refractivity contribution in [1.82, 2.24) is 4.90 Å². The van der Waals surface area contributed by atoms with Crippen LogP contribution in [0.2, 0.25) is 0 Å². The first-order chi connectivity index (χ1) is 7.15. The number of carbonyl (C=O) groups is 1. The van der Waals surface area contributed by atoms with Gasteiger partial charge < -0.3 is 10.5 Å². The summed E-state index contributed by atoms with van der Waals surface area (Å²) in [5, 5.41) is 0. The van der Waals surface area contributed by atoms with Crippen molar-refractivity contribution in [2.75, 3.05) is 33.3 Å². The molecule has 1 rings (SSSR count). The van der Waals surface area contributed by atoms with E-state index in [1.54, 1.807) is 0 Å². The maximum Gasteiger partial charge on any atom is 0.319 e. The van der Waals surface area contributed by atoms with Crippen LogP contribution in [0.3, 0.4) is 0 Å². The second-order valence-corrected chi connectivity index (χ2v) is 4.42. The van der Waals surface area contributed by atoms with E-state index in [2.05, 4.69) is 16.6 Å². The van der Waals surface area contributed by atoms with Crippen LogP contribution >= 0.6 is 0 Å². The monoisotopic (exact) mass is 214 g/mol. The summed E-state index contributed by atoms with van der Waals surface area (Å²) in [5.41, 5.74) is 5.99. The topological polar surface area (TPSA) is 55.6 Å². The van der Waals surface area contributed by atoms with Gasteiger partial charge in [0.15, 0.2) is 0 Å². The zero-order valence-electron chi connectivity index (χ0n) is 9.79. The van der Waals surface area contributed by atoms with Crippen LogP contribution in [-0.2, 0) is 9.53 Å². The Morgan fingerprint density at radius 1 is 1.53 bits per heavy atom. The van der Waals surface area contributed by atoms with Gasteiger partial charge in [0, 0.05) is 6.54 Å². The summed E-state index contributed by atoms with van der Waals surface area (Å²) in [5.74, 6) is -0.152. The van der Waals surface area contributed by atoms with Crippen LogP contribution in [0, 0.1) is 5.41 Å². The van der Waals surface area contributed by atoms with E-state index in [0.29, 0.717) is 12.0 Å². The largest absolute Gasteiger partial charge is 0.468 e. The van der Waals surface area contributed by atoms with E-state index in [9.17, 15) is 4.79 Å². The molecule has 0 aromatic carbocycles. The van der Waals surface area contributed by atoms with Crippen LogP contribution in [0.15, 0.2) is 0 Å². The molecule has 88 valence electrons. The highest BCUT2D eigenvalue weighted by atomic mass is 16.5. The molecule has 1 aliphatic carbocycles. The highest BCUT2D eigenvalue weighted by molar-refractivity contribution is 5.71. The second-order valence-electron chi connectivity index (χ2n) is 4.42. The number of ether oxygens (including phenoxy) is 1. The van der Waals surface area contributed by atoms with Gasteiger partial charge in [0.2, 0.25) is 0 Å².